The molecule has 102 valence electrons. The summed E-state index contributed by atoms with van der Waals surface area (Å²) in [6, 6.07) is 0. The summed E-state index contributed by atoms with van der Waals surface area (Å²) in [4.78, 5) is 0. The lowest BCUT2D eigenvalue weighted by Gasteiger charge is -2.11. The average molecular weight is 254 g/mol. The van der Waals surface area contributed by atoms with E-state index in [4.69, 9.17) is 0 Å². The molecule has 0 amide bonds. The van der Waals surface area contributed by atoms with Gasteiger partial charge < -0.3 is 0 Å². The third-order valence-corrected chi connectivity index (χ3v) is 2.70. The molecular formula is C19H26. The van der Waals surface area contributed by atoms with Crippen molar-refractivity contribution in [1.29, 1.82) is 0 Å². The minimum atomic E-state index is 0.836. The van der Waals surface area contributed by atoms with Crippen molar-refractivity contribution in [2.75, 3.05) is 0 Å². The molecule has 0 N–H and O–H groups in total. The Morgan fingerprint density at radius 1 is 0.895 bits per heavy atom. The summed E-state index contributed by atoms with van der Waals surface area (Å²) in [5, 5.41) is 0. The molecule has 0 saturated heterocycles. The molecule has 0 bridgehead atoms. The molecule has 0 unspecified atom stereocenters. The van der Waals surface area contributed by atoms with Crippen molar-refractivity contribution in [2.24, 2.45) is 0 Å². The molecular weight excluding hydrogens is 228 g/mol. The predicted octanol–water partition coefficient (Wildman–Crippen LogP) is 6.09. The van der Waals surface area contributed by atoms with E-state index in [-0.39, 0.29) is 0 Å². The highest BCUT2D eigenvalue weighted by molar-refractivity contribution is 5.48. The zero-order valence-electron chi connectivity index (χ0n) is 12.7. The monoisotopic (exact) mass is 254 g/mol. The van der Waals surface area contributed by atoms with Gasteiger partial charge in [0.15, 0.2) is 0 Å². The molecule has 0 aromatic rings. The summed E-state index contributed by atoms with van der Waals surface area (Å²) < 4.78 is 0. The van der Waals surface area contributed by atoms with Gasteiger partial charge in [0, 0.05) is 0 Å². The zero-order chi connectivity index (χ0) is 15.0. The Morgan fingerprint density at radius 2 is 1.47 bits per heavy atom. The van der Waals surface area contributed by atoms with Gasteiger partial charge in [0.25, 0.3) is 0 Å². The molecule has 0 atom stereocenters. The van der Waals surface area contributed by atoms with E-state index in [1.807, 2.05) is 26.0 Å². The van der Waals surface area contributed by atoms with Gasteiger partial charge in [0.2, 0.25) is 0 Å². The number of rotatable bonds is 8. The van der Waals surface area contributed by atoms with Crippen LogP contribution in [0.5, 0.6) is 0 Å². The third kappa shape index (κ3) is 7.25. The van der Waals surface area contributed by atoms with Crippen LogP contribution in [0.3, 0.4) is 0 Å². The fourth-order valence-corrected chi connectivity index (χ4v) is 1.48. The van der Waals surface area contributed by atoms with Crippen molar-refractivity contribution in [1.82, 2.24) is 0 Å². The highest BCUT2D eigenvalue weighted by Gasteiger charge is 2.03. The van der Waals surface area contributed by atoms with Gasteiger partial charge in [0.05, 0.1) is 0 Å². The topological polar surface area (TPSA) is 0 Å². The molecule has 0 aliphatic carbocycles. The van der Waals surface area contributed by atoms with Crippen LogP contribution in [0.1, 0.15) is 33.6 Å². The lowest BCUT2D eigenvalue weighted by molar-refractivity contribution is 1.04. The van der Waals surface area contributed by atoms with Crippen LogP contribution in [0.15, 0.2) is 84.6 Å². The van der Waals surface area contributed by atoms with Crippen LogP contribution in [0.4, 0.5) is 0 Å². The SMILES string of the molecule is C=C(C)/C=C\C(=C)C(=C)/C=C(/CC(=C)C)C(=C)CC. The van der Waals surface area contributed by atoms with Crippen molar-refractivity contribution in [2.45, 2.75) is 33.6 Å². The van der Waals surface area contributed by atoms with E-state index in [0.717, 1.165) is 40.7 Å². The van der Waals surface area contributed by atoms with E-state index >= 15 is 0 Å². The Bertz CT molecular complexity index is 464. The molecule has 0 aliphatic rings. The Labute approximate surface area is 118 Å². The van der Waals surface area contributed by atoms with Crippen LogP contribution >= 0.6 is 0 Å². The first kappa shape index (κ1) is 17.2. The van der Waals surface area contributed by atoms with Crippen LogP contribution in [0, 0.1) is 0 Å². The molecule has 19 heavy (non-hydrogen) atoms. The van der Waals surface area contributed by atoms with Gasteiger partial charge >= 0.3 is 0 Å². The van der Waals surface area contributed by atoms with E-state index in [1.54, 1.807) is 0 Å². The van der Waals surface area contributed by atoms with E-state index < -0.39 is 0 Å². The van der Waals surface area contributed by atoms with Gasteiger partial charge in [-0.2, -0.15) is 0 Å². The molecule has 0 heteroatoms. The minimum absolute atomic E-state index is 0.836. The summed E-state index contributed by atoms with van der Waals surface area (Å²) >= 11 is 0. The Hall–Kier alpha value is -1.82. The molecule has 0 aliphatic heterocycles. The van der Waals surface area contributed by atoms with Crippen LogP contribution in [-0.4, -0.2) is 0 Å². The number of hydrogen-bond acceptors (Lipinski definition) is 0. The Kier molecular flexibility index (Phi) is 7.52. The molecule has 0 radical (unpaired) electrons. The van der Waals surface area contributed by atoms with Gasteiger partial charge in [-0.25, -0.2) is 0 Å². The summed E-state index contributed by atoms with van der Waals surface area (Å²) in [5.41, 5.74) is 6.23. The van der Waals surface area contributed by atoms with E-state index in [9.17, 15) is 0 Å². The first-order valence-electron chi connectivity index (χ1n) is 6.52. The zero-order valence-corrected chi connectivity index (χ0v) is 12.7. The first-order chi connectivity index (χ1) is 8.77. The van der Waals surface area contributed by atoms with Crippen LogP contribution in [0.2, 0.25) is 0 Å². The lowest BCUT2D eigenvalue weighted by atomic mass is 9.95. The highest BCUT2D eigenvalue weighted by atomic mass is 14.1. The minimum Gasteiger partial charge on any atom is -0.0998 e. The summed E-state index contributed by atoms with van der Waals surface area (Å²) in [7, 11) is 0. The van der Waals surface area contributed by atoms with Gasteiger partial charge in [0.1, 0.15) is 0 Å². The van der Waals surface area contributed by atoms with Crippen molar-refractivity contribution in [3.05, 3.63) is 84.6 Å². The Morgan fingerprint density at radius 3 is 1.89 bits per heavy atom. The second kappa shape index (κ2) is 8.31. The second-order valence-corrected chi connectivity index (χ2v) is 4.99. The molecule has 0 rings (SSSR count). The second-order valence-electron chi connectivity index (χ2n) is 4.99. The van der Waals surface area contributed by atoms with Crippen molar-refractivity contribution in [3.8, 4) is 0 Å². The molecule has 0 fully saturated rings. The maximum absolute atomic E-state index is 4.10. The summed E-state index contributed by atoms with van der Waals surface area (Å²) in [6.07, 6.45) is 7.71. The van der Waals surface area contributed by atoms with E-state index in [0.29, 0.717) is 0 Å². The summed E-state index contributed by atoms with van der Waals surface area (Å²) in [5.74, 6) is 0. The number of hydrogen-bond donors (Lipinski definition) is 0. The highest BCUT2D eigenvalue weighted by Crippen LogP contribution is 2.23. The lowest BCUT2D eigenvalue weighted by Crippen LogP contribution is -1.91. The molecule has 0 heterocycles. The average Bonchev–Trinajstić information content (AvgIpc) is 2.33. The quantitative estimate of drug-likeness (QED) is 0.363. The molecule has 0 aromatic carbocycles. The predicted molar refractivity (Wildman–Crippen MR) is 89.2 cm³/mol. The van der Waals surface area contributed by atoms with Gasteiger partial charge in [-0.1, -0.05) is 74.8 Å². The molecule has 0 spiro atoms. The smallest absolute Gasteiger partial charge is 0.00698 e. The normalized spacial score (nSPS) is 11.4. The van der Waals surface area contributed by atoms with Gasteiger partial charge in [-0.05, 0) is 43.4 Å². The molecule has 0 saturated carbocycles. The van der Waals surface area contributed by atoms with Crippen molar-refractivity contribution >= 4 is 0 Å². The molecule has 0 nitrogen and oxygen atoms in total. The van der Waals surface area contributed by atoms with Crippen molar-refractivity contribution in [3.63, 3.8) is 0 Å². The van der Waals surface area contributed by atoms with Crippen LogP contribution in [0.25, 0.3) is 0 Å². The number of allylic oxidation sites excluding steroid dienone is 9. The first-order valence-corrected chi connectivity index (χ1v) is 6.52. The standard InChI is InChI=1S/C19H26/c1-9-16(6)19(12-15(4)5)13-18(8)17(7)11-10-14(2)3/h10-11,13H,2,4,6-9,12H2,1,3,5H3/b11-10-,19-13-. The van der Waals surface area contributed by atoms with E-state index in [2.05, 4.69) is 45.9 Å². The van der Waals surface area contributed by atoms with Crippen LogP contribution < -0.4 is 0 Å². The maximum Gasteiger partial charge on any atom is -0.00698 e. The maximum atomic E-state index is 4.10. The van der Waals surface area contributed by atoms with Crippen LogP contribution in [-0.2, 0) is 0 Å². The third-order valence-electron chi connectivity index (χ3n) is 2.70. The van der Waals surface area contributed by atoms with Gasteiger partial charge in [-0.15, -0.1) is 0 Å². The largest absolute Gasteiger partial charge is 0.0998 e. The van der Waals surface area contributed by atoms with Gasteiger partial charge in [-0.3, -0.25) is 0 Å². The molecule has 0 aromatic heterocycles. The van der Waals surface area contributed by atoms with Crippen molar-refractivity contribution < 1.29 is 0 Å². The fourth-order valence-electron chi connectivity index (χ4n) is 1.48. The Balaban J connectivity index is 5.07. The summed E-state index contributed by atoms with van der Waals surface area (Å²) in [6.45, 7) is 26.1. The fraction of sp³-hybridized carbons (Fsp3) is 0.263. The van der Waals surface area contributed by atoms with E-state index in [1.165, 1.54) is 5.57 Å².